The summed E-state index contributed by atoms with van der Waals surface area (Å²) in [6.07, 6.45) is 6.94. The molecule has 0 atom stereocenters. The number of hydrogen-bond acceptors (Lipinski definition) is 3. The van der Waals surface area contributed by atoms with Crippen LogP contribution in [0.5, 0.6) is 11.5 Å². The first-order valence-electron chi connectivity index (χ1n) is 11.8. The lowest BCUT2D eigenvalue weighted by molar-refractivity contribution is -0.137. The number of rotatable bonds is 7. The molecule has 3 rings (SSSR count). The number of halogens is 3. The fraction of sp³-hybridized carbons (Fsp3) is 0.393. The summed E-state index contributed by atoms with van der Waals surface area (Å²) in [5.74, 6) is -1.22. The van der Waals surface area contributed by atoms with Crippen molar-refractivity contribution >= 4 is 18.1 Å². The molecule has 4 nitrogen and oxygen atoms in total. The van der Waals surface area contributed by atoms with Crippen LogP contribution in [-0.2, 0) is 12.6 Å². The molecule has 1 fully saturated rings. The van der Waals surface area contributed by atoms with Crippen molar-refractivity contribution in [2.75, 3.05) is 0 Å². The molecular formula is C28H31F3O4. The zero-order chi connectivity index (χ0) is 25.6. The van der Waals surface area contributed by atoms with E-state index in [2.05, 4.69) is 0 Å². The molecule has 35 heavy (non-hydrogen) atoms. The van der Waals surface area contributed by atoms with E-state index in [-0.39, 0.29) is 23.0 Å². The van der Waals surface area contributed by atoms with Gasteiger partial charge in [0.05, 0.1) is 11.7 Å². The van der Waals surface area contributed by atoms with Gasteiger partial charge in [-0.2, -0.15) is 13.2 Å². The minimum absolute atomic E-state index is 0.0234. The molecule has 7 heteroatoms. The van der Waals surface area contributed by atoms with Gasteiger partial charge in [0, 0.05) is 5.56 Å². The first-order chi connectivity index (χ1) is 16.6. The maximum absolute atomic E-state index is 12.8. The molecule has 2 aromatic rings. The number of carbonyl (C=O) groups is 1. The number of carboxylic acid groups (broad SMARTS) is 1. The summed E-state index contributed by atoms with van der Waals surface area (Å²) in [6, 6.07) is 6.18. The summed E-state index contributed by atoms with van der Waals surface area (Å²) in [6.45, 7) is 3.84. The van der Waals surface area contributed by atoms with E-state index in [1.165, 1.54) is 24.3 Å². The van der Waals surface area contributed by atoms with E-state index in [4.69, 9.17) is 4.74 Å². The second-order valence-corrected chi connectivity index (χ2v) is 9.14. The second kappa shape index (κ2) is 11.5. The third kappa shape index (κ3) is 7.13. The smallest absolute Gasteiger partial charge is 0.416 e. The Hall–Kier alpha value is -3.22. The van der Waals surface area contributed by atoms with Crippen molar-refractivity contribution in [3.8, 4) is 11.5 Å². The van der Waals surface area contributed by atoms with Gasteiger partial charge in [0.2, 0.25) is 0 Å². The molecule has 188 valence electrons. The Balaban J connectivity index is 2.03. The molecule has 1 aliphatic rings. The largest absolute Gasteiger partial charge is 0.507 e. The Kier molecular flexibility index (Phi) is 8.65. The molecule has 0 heterocycles. The van der Waals surface area contributed by atoms with E-state index in [1.54, 1.807) is 6.07 Å². The number of aromatic carboxylic acids is 1. The van der Waals surface area contributed by atoms with Crippen LogP contribution in [0.3, 0.4) is 0 Å². The summed E-state index contributed by atoms with van der Waals surface area (Å²) in [4.78, 5) is 12.1. The summed E-state index contributed by atoms with van der Waals surface area (Å²) >= 11 is 0. The van der Waals surface area contributed by atoms with E-state index in [0.717, 1.165) is 56.2 Å². The van der Waals surface area contributed by atoms with Crippen molar-refractivity contribution in [1.29, 1.82) is 0 Å². The summed E-state index contributed by atoms with van der Waals surface area (Å²) < 4.78 is 44.8. The minimum Gasteiger partial charge on any atom is -0.507 e. The maximum atomic E-state index is 12.8. The second-order valence-electron chi connectivity index (χ2n) is 9.14. The van der Waals surface area contributed by atoms with Crippen LogP contribution in [0.15, 0.2) is 42.0 Å². The number of allylic oxidation sites excluding steroid dienone is 2. The monoisotopic (exact) mass is 488 g/mol. The van der Waals surface area contributed by atoms with E-state index in [9.17, 15) is 28.2 Å². The number of phenols is 1. The van der Waals surface area contributed by atoms with Crippen molar-refractivity contribution in [2.45, 2.75) is 71.1 Å². The van der Waals surface area contributed by atoms with Gasteiger partial charge in [-0.3, -0.25) is 0 Å². The van der Waals surface area contributed by atoms with Crippen molar-refractivity contribution in [3.05, 3.63) is 69.8 Å². The minimum atomic E-state index is -4.43. The normalized spacial score (nSPS) is 15.1. The number of aromatic hydroxyl groups is 1. The Morgan fingerprint density at radius 3 is 2.23 bits per heavy atom. The van der Waals surface area contributed by atoms with Gasteiger partial charge in [0.15, 0.2) is 0 Å². The third-order valence-corrected chi connectivity index (χ3v) is 6.11. The van der Waals surface area contributed by atoms with Gasteiger partial charge < -0.3 is 14.9 Å². The van der Waals surface area contributed by atoms with Crippen molar-refractivity contribution in [1.82, 2.24) is 0 Å². The Morgan fingerprint density at radius 2 is 1.69 bits per heavy atom. The molecule has 0 unspecified atom stereocenters. The lowest BCUT2D eigenvalue weighted by atomic mass is 9.97. The zero-order valence-electron chi connectivity index (χ0n) is 20.0. The predicted octanol–water partition coefficient (Wildman–Crippen LogP) is 7.89. The topological polar surface area (TPSA) is 66.8 Å². The highest BCUT2D eigenvalue weighted by atomic mass is 19.4. The molecule has 2 aromatic carbocycles. The van der Waals surface area contributed by atoms with Crippen molar-refractivity contribution in [3.63, 3.8) is 0 Å². The Morgan fingerprint density at radius 1 is 1.06 bits per heavy atom. The first kappa shape index (κ1) is 26.4. The van der Waals surface area contributed by atoms with Gasteiger partial charge in [0.25, 0.3) is 0 Å². The van der Waals surface area contributed by atoms with Crippen LogP contribution in [0.2, 0.25) is 0 Å². The maximum Gasteiger partial charge on any atom is 0.416 e. The van der Waals surface area contributed by atoms with Crippen LogP contribution in [0.4, 0.5) is 13.2 Å². The number of alkyl halides is 3. The highest BCUT2D eigenvalue weighted by Crippen LogP contribution is 2.38. The Labute approximate surface area is 203 Å². The highest BCUT2D eigenvalue weighted by molar-refractivity contribution is 5.97. The standard InChI is InChI=1S/C28H31F3O4/c1-18(2)9-16-23-24(35-22-7-5-3-4-6-8-22)17-20(25(26(23)32)27(33)34)13-10-19-11-14-21(15-12-19)28(29,30)31/h9-15,17,22,32H,3-8,16H2,1-2H3,(H,33,34). The van der Waals surface area contributed by atoms with Crippen LogP contribution < -0.4 is 4.74 Å². The van der Waals surface area contributed by atoms with Crippen LogP contribution in [-0.4, -0.2) is 22.3 Å². The third-order valence-electron chi connectivity index (χ3n) is 6.11. The van der Waals surface area contributed by atoms with Gasteiger partial charge in [-0.05, 0) is 75.3 Å². The number of hydrogen-bond donors (Lipinski definition) is 2. The molecule has 0 aromatic heterocycles. The van der Waals surface area contributed by atoms with Crippen molar-refractivity contribution < 1.29 is 32.9 Å². The molecule has 0 saturated heterocycles. The average molecular weight is 489 g/mol. The van der Waals surface area contributed by atoms with Gasteiger partial charge in [-0.1, -0.05) is 48.8 Å². The summed E-state index contributed by atoms with van der Waals surface area (Å²) in [7, 11) is 0. The molecular weight excluding hydrogens is 457 g/mol. The molecule has 1 saturated carbocycles. The average Bonchev–Trinajstić information content (AvgIpc) is 3.05. The molecule has 1 aliphatic carbocycles. The molecule has 0 aliphatic heterocycles. The predicted molar refractivity (Wildman–Crippen MR) is 131 cm³/mol. The van der Waals surface area contributed by atoms with E-state index in [1.807, 2.05) is 19.9 Å². The van der Waals surface area contributed by atoms with Gasteiger partial charge in [-0.25, -0.2) is 4.79 Å². The van der Waals surface area contributed by atoms with Crippen LogP contribution in [0, 0.1) is 0 Å². The van der Waals surface area contributed by atoms with Gasteiger partial charge in [-0.15, -0.1) is 0 Å². The molecule has 0 radical (unpaired) electrons. The Bertz CT molecular complexity index is 1090. The van der Waals surface area contributed by atoms with E-state index < -0.39 is 17.7 Å². The lowest BCUT2D eigenvalue weighted by Crippen LogP contribution is -2.17. The summed E-state index contributed by atoms with van der Waals surface area (Å²) in [5.41, 5.74) is 1.10. The van der Waals surface area contributed by atoms with Gasteiger partial charge >= 0.3 is 12.1 Å². The fourth-order valence-corrected chi connectivity index (χ4v) is 4.18. The number of carboxylic acids is 1. The van der Waals surface area contributed by atoms with Crippen molar-refractivity contribution in [2.24, 2.45) is 0 Å². The van der Waals surface area contributed by atoms with E-state index in [0.29, 0.717) is 23.3 Å². The lowest BCUT2D eigenvalue weighted by Gasteiger charge is -2.21. The zero-order valence-corrected chi connectivity index (χ0v) is 20.0. The molecule has 0 bridgehead atoms. The first-order valence-corrected chi connectivity index (χ1v) is 11.8. The number of ether oxygens (including phenoxy) is 1. The van der Waals surface area contributed by atoms with Crippen LogP contribution in [0.1, 0.15) is 85.0 Å². The number of benzene rings is 2. The molecule has 0 amide bonds. The SMILES string of the molecule is CC(C)=CCc1c(OC2CCCCCC2)cc(C=Cc2ccc(C(F)(F)F)cc2)c(C(=O)O)c1O. The van der Waals surface area contributed by atoms with E-state index >= 15 is 0 Å². The van der Waals surface area contributed by atoms with Crippen LogP contribution >= 0.6 is 0 Å². The van der Waals surface area contributed by atoms with Crippen LogP contribution in [0.25, 0.3) is 12.2 Å². The summed E-state index contributed by atoms with van der Waals surface area (Å²) in [5, 5.41) is 20.8. The molecule has 2 N–H and O–H groups in total. The molecule has 0 spiro atoms. The highest BCUT2D eigenvalue weighted by Gasteiger charge is 2.30. The quantitative estimate of drug-likeness (QED) is 0.236. The fourth-order valence-electron chi connectivity index (χ4n) is 4.18. The van der Waals surface area contributed by atoms with Gasteiger partial charge in [0.1, 0.15) is 17.1 Å².